The predicted octanol–water partition coefficient (Wildman–Crippen LogP) is 4.69. The average Bonchev–Trinajstić information content (AvgIpc) is 2.55. The summed E-state index contributed by atoms with van der Waals surface area (Å²) in [7, 11) is 0. The zero-order chi connectivity index (χ0) is 17.9. The minimum absolute atomic E-state index is 0.562. The summed E-state index contributed by atoms with van der Waals surface area (Å²) in [5, 5.41) is -1.12. The van der Waals surface area contributed by atoms with Crippen molar-refractivity contribution in [2.24, 2.45) is 0 Å². The monoisotopic (exact) mass is 372 g/mol. The molecule has 1 rings (SSSR count). The smallest absolute Gasteiger partial charge is 0.0465 e. The minimum atomic E-state index is -2.20. The van der Waals surface area contributed by atoms with Crippen LogP contribution in [0.4, 0.5) is 0 Å². The van der Waals surface area contributed by atoms with Gasteiger partial charge in [-0.2, -0.15) is 0 Å². The third-order valence-corrected chi connectivity index (χ3v) is 6.20. The molecular formula is C18H28O4S2-2. The van der Waals surface area contributed by atoms with Crippen molar-refractivity contribution in [3.63, 3.8) is 0 Å². The summed E-state index contributed by atoms with van der Waals surface area (Å²) in [5.74, 6) is 0. The van der Waals surface area contributed by atoms with Gasteiger partial charge in [-0.1, -0.05) is 76.6 Å². The summed E-state index contributed by atoms with van der Waals surface area (Å²) in [6.07, 6.45) is 6.93. The second-order valence-electron chi connectivity index (χ2n) is 6.16. The van der Waals surface area contributed by atoms with Crippen LogP contribution in [0.2, 0.25) is 0 Å². The molecular weight excluding hydrogens is 344 g/mol. The van der Waals surface area contributed by atoms with E-state index in [4.69, 9.17) is 0 Å². The maximum absolute atomic E-state index is 11.6. The number of unbranched alkanes of at least 4 members (excludes halogenated alkanes) is 4. The molecule has 0 aliphatic heterocycles. The molecule has 0 N–H and O–H groups in total. The summed E-state index contributed by atoms with van der Waals surface area (Å²) < 4.78 is 46.4. The summed E-state index contributed by atoms with van der Waals surface area (Å²) in [4.78, 5) is 0. The van der Waals surface area contributed by atoms with Gasteiger partial charge in [0, 0.05) is 10.5 Å². The van der Waals surface area contributed by atoms with Gasteiger partial charge >= 0.3 is 0 Å². The highest BCUT2D eigenvalue weighted by molar-refractivity contribution is 7.79. The number of benzene rings is 1. The van der Waals surface area contributed by atoms with Gasteiger partial charge in [0.25, 0.3) is 0 Å². The first kappa shape index (κ1) is 21.5. The third-order valence-electron chi connectivity index (χ3n) is 4.26. The Morgan fingerprint density at radius 1 is 0.833 bits per heavy atom. The molecule has 0 aromatic heterocycles. The van der Waals surface area contributed by atoms with Crippen LogP contribution in [0.25, 0.3) is 0 Å². The fourth-order valence-electron chi connectivity index (χ4n) is 2.87. The SMILES string of the molecule is CCCCCC(c1cccc(C(CCCCC)S(=O)[O-])c1)S(=O)[O-]. The first-order valence-electron chi connectivity index (χ1n) is 8.77. The molecule has 0 heterocycles. The maximum atomic E-state index is 11.6. The second kappa shape index (κ2) is 11.9. The molecule has 4 unspecified atom stereocenters. The van der Waals surface area contributed by atoms with Crippen molar-refractivity contribution in [1.82, 2.24) is 0 Å². The molecule has 0 saturated heterocycles. The number of rotatable bonds is 12. The first-order chi connectivity index (χ1) is 11.5. The van der Waals surface area contributed by atoms with Crippen LogP contribution in [-0.2, 0) is 22.2 Å². The highest BCUT2D eigenvalue weighted by Gasteiger charge is 2.17. The van der Waals surface area contributed by atoms with E-state index in [-0.39, 0.29) is 0 Å². The van der Waals surface area contributed by atoms with E-state index in [0.717, 1.165) is 38.5 Å². The molecule has 0 spiro atoms. The molecule has 0 fully saturated rings. The standard InChI is InChI=1S/C18H30O4S2/c1-3-5-7-12-17(23(19)20)15-10-9-11-16(14-15)18(24(21)22)13-8-6-4-2/h9-11,14,17-18H,3-8,12-13H2,1-2H3,(H,19,20)(H,21,22)/p-2. The number of hydrogen-bond acceptors (Lipinski definition) is 4. The van der Waals surface area contributed by atoms with Crippen LogP contribution < -0.4 is 0 Å². The Bertz CT molecular complexity index is 490. The van der Waals surface area contributed by atoms with Crippen molar-refractivity contribution in [1.29, 1.82) is 0 Å². The summed E-state index contributed by atoms with van der Waals surface area (Å²) in [6.45, 7) is 4.16. The van der Waals surface area contributed by atoms with Crippen molar-refractivity contribution in [2.45, 2.75) is 75.7 Å². The van der Waals surface area contributed by atoms with Crippen molar-refractivity contribution >= 4 is 22.2 Å². The maximum Gasteiger partial charge on any atom is 0.0465 e. The molecule has 1 aromatic carbocycles. The Hall–Kier alpha value is -0.560. The Morgan fingerprint density at radius 3 is 1.58 bits per heavy atom. The Kier molecular flexibility index (Phi) is 10.7. The normalized spacial score (nSPS) is 16.5. The van der Waals surface area contributed by atoms with Crippen LogP contribution >= 0.6 is 0 Å². The van der Waals surface area contributed by atoms with Crippen LogP contribution in [0.15, 0.2) is 24.3 Å². The van der Waals surface area contributed by atoms with Gasteiger partial charge in [0.05, 0.1) is 0 Å². The van der Waals surface area contributed by atoms with Gasteiger partial charge in [-0.25, -0.2) is 0 Å². The minimum Gasteiger partial charge on any atom is -0.772 e. The van der Waals surface area contributed by atoms with Gasteiger partial charge in [-0.3, -0.25) is 8.42 Å². The van der Waals surface area contributed by atoms with Crippen LogP contribution in [0.3, 0.4) is 0 Å². The summed E-state index contributed by atoms with van der Waals surface area (Å²) in [6, 6.07) is 7.10. The molecule has 0 saturated carbocycles. The van der Waals surface area contributed by atoms with E-state index in [9.17, 15) is 17.5 Å². The van der Waals surface area contributed by atoms with E-state index >= 15 is 0 Å². The zero-order valence-electron chi connectivity index (χ0n) is 14.6. The Labute approximate surface area is 151 Å². The lowest BCUT2D eigenvalue weighted by atomic mass is 10.00. The molecule has 24 heavy (non-hydrogen) atoms. The van der Waals surface area contributed by atoms with Crippen molar-refractivity contribution in [3.05, 3.63) is 35.4 Å². The fraction of sp³-hybridized carbons (Fsp3) is 0.667. The predicted molar refractivity (Wildman–Crippen MR) is 98.0 cm³/mol. The largest absolute Gasteiger partial charge is 0.772 e. The Morgan fingerprint density at radius 2 is 1.25 bits per heavy atom. The lowest BCUT2D eigenvalue weighted by Crippen LogP contribution is -2.10. The molecule has 1 aromatic rings. The van der Waals surface area contributed by atoms with Crippen LogP contribution in [-0.4, -0.2) is 17.5 Å². The molecule has 6 heteroatoms. The third kappa shape index (κ3) is 7.13. The van der Waals surface area contributed by atoms with Crippen LogP contribution in [0, 0.1) is 0 Å². The Balaban J connectivity index is 2.95. The zero-order valence-corrected chi connectivity index (χ0v) is 16.2. The lowest BCUT2D eigenvalue weighted by molar-refractivity contribution is 0.511. The van der Waals surface area contributed by atoms with E-state index in [2.05, 4.69) is 13.8 Å². The van der Waals surface area contributed by atoms with Crippen LogP contribution in [0.5, 0.6) is 0 Å². The van der Waals surface area contributed by atoms with Gasteiger partial charge in [-0.15, -0.1) is 0 Å². The molecule has 0 amide bonds. The summed E-state index contributed by atoms with van der Waals surface area (Å²) >= 11 is -4.40. The highest BCUT2D eigenvalue weighted by atomic mass is 32.2. The summed E-state index contributed by atoms with van der Waals surface area (Å²) in [5.41, 5.74) is 1.39. The molecule has 0 aliphatic rings. The quantitative estimate of drug-likeness (QED) is 0.394. The van der Waals surface area contributed by atoms with E-state index in [0.29, 0.717) is 24.0 Å². The molecule has 0 bridgehead atoms. The van der Waals surface area contributed by atoms with Gasteiger partial charge in [-0.05, 0) is 46.1 Å². The molecule has 4 nitrogen and oxygen atoms in total. The fourth-order valence-corrected chi connectivity index (χ4v) is 4.32. The molecule has 4 atom stereocenters. The average molecular weight is 373 g/mol. The second-order valence-corrected chi connectivity index (χ2v) is 8.34. The molecule has 0 aliphatic carbocycles. The highest BCUT2D eigenvalue weighted by Crippen LogP contribution is 2.31. The van der Waals surface area contributed by atoms with Gasteiger partial charge in [0.1, 0.15) is 0 Å². The van der Waals surface area contributed by atoms with Crippen molar-refractivity contribution in [2.75, 3.05) is 0 Å². The molecule has 0 radical (unpaired) electrons. The van der Waals surface area contributed by atoms with E-state index in [1.807, 2.05) is 0 Å². The topological polar surface area (TPSA) is 80.3 Å². The van der Waals surface area contributed by atoms with Gasteiger partial charge in [0.2, 0.25) is 0 Å². The van der Waals surface area contributed by atoms with Crippen LogP contribution in [0.1, 0.15) is 86.8 Å². The first-order valence-corrected chi connectivity index (χ1v) is 11.0. The van der Waals surface area contributed by atoms with Gasteiger partial charge in [0.15, 0.2) is 0 Å². The lowest BCUT2D eigenvalue weighted by Gasteiger charge is -2.24. The van der Waals surface area contributed by atoms with E-state index < -0.39 is 32.7 Å². The van der Waals surface area contributed by atoms with Gasteiger partial charge < -0.3 is 9.11 Å². The van der Waals surface area contributed by atoms with Crippen molar-refractivity contribution < 1.29 is 17.5 Å². The van der Waals surface area contributed by atoms with Crippen molar-refractivity contribution in [3.8, 4) is 0 Å². The van der Waals surface area contributed by atoms with E-state index in [1.165, 1.54) is 0 Å². The van der Waals surface area contributed by atoms with E-state index in [1.54, 1.807) is 24.3 Å². The molecule has 138 valence electrons. The number of hydrogen-bond donors (Lipinski definition) is 0.